The van der Waals surface area contributed by atoms with Crippen LogP contribution in [0.2, 0.25) is 5.02 Å². The van der Waals surface area contributed by atoms with Gasteiger partial charge in [-0.15, -0.1) is 0 Å². The average Bonchev–Trinajstić information content (AvgIpc) is 3.64. The van der Waals surface area contributed by atoms with Crippen LogP contribution in [0.1, 0.15) is 52.0 Å². The van der Waals surface area contributed by atoms with Crippen LogP contribution in [0, 0.1) is 29.5 Å². The van der Waals surface area contributed by atoms with E-state index in [9.17, 15) is 18.8 Å². The standard InChI is InChI=1S/C34H39ClFN3O4/c1-19-8-7-11-26(21(19)3)38-32(41)30-34-17-16-27(43-34)28(31(40)37-23-14-15-25(36)24(35)18-23)29(34)33(42)39(30)20(2)12-13-22-9-5-4-6-10-22/h4-6,9-10,14-21,26-30H,7-8,11-13H2,1-3H3,(H,37,40)(H,38,41). The first-order valence-electron chi connectivity index (χ1n) is 15.4. The topological polar surface area (TPSA) is 87.7 Å². The van der Waals surface area contributed by atoms with Gasteiger partial charge in [0.05, 0.1) is 23.0 Å². The molecule has 2 N–H and O–H groups in total. The van der Waals surface area contributed by atoms with Crippen molar-refractivity contribution in [3.05, 3.63) is 77.1 Å². The van der Waals surface area contributed by atoms with Gasteiger partial charge in [-0.2, -0.15) is 0 Å². The summed E-state index contributed by atoms with van der Waals surface area (Å²) >= 11 is 5.94. The van der Waals surface area contributed by atoms with E-state index >= 15 is 0 Å². The van der Waals surface area contributed by atoms with Gasteiger partial charge in [-0.3, -0.25) is 14.4 Å². The van der Waals surface area contributed by atoms with Gasteiger partial charge in [-0.25, -0.2) is 4.39 Å². The fourth-order valence-corrected chi connectivity index (χ4v) is 7.87. The van der Waals surface area contributed by atoms with E-state index in [4.69, 9.17) is 16.3 Å². The minimum atomic E-state index is -1.25. The Bertz CT molecular complexity index is 1440. The molecule has 3 fully saturated rings. The lowest BCUT2D eigenvalue weighted by Crippen LogP contribution is -2.59. The summed E-state index contributed by atoms with van der Waals surface area (Å²) in [5, 5.41) is 6.00. The third-order valence-corrected chi connectivity index (χ3v) is 10.5. The van der Waals surface area contributed by atoms with Crippen LogP contribution in [0.25, 0.3) is 0 Å². The first-order valence-corrected chi connectivity index (χ1v) is 15.8. The lowest BCUT2D eigenvalue weighted by atomic mass is 9.73. The largest absolute Gasteiger partial charge is 0.359 e. The number of likely N-dealkylation sites (tertiary alicyclic amines) is 1. The lowest BCUT2D eigenvalue weighted by Gasteiger charge is -2.39. The third kappa shape index (κ3) is 5.27. The predicted octanol–water partition coefficient (Wildman–Crippen LogP) is 5.53. The van der Waals surface area contributed by atoms with Crippen LogP contribution in [-0.2, 0) is 25.5 Å². The zero-order valence-electron chi connectivity index (χ0n) is 24.8. The molecule has 4 aliphatic rings. The van der Waals surface area contributed by atoms with Crippen molar-refractivity contribution in [3.63, 3.8) is 0 Å². The number of hydrogen-bond acceptors (Lipinski definition) is 4. The smallest absolute Gasteiger partial charge is 0.246 e. The van der Waals surface area contributed by atoms with E-state index in [-0.39, 0.29) is 28.9 Å². The second kappa shape index (κ2) is 11.7. The zero-order valence-corrected chi connectivity index (χ0v) is 25.5. The maximum absolute atomic E-state index is 14.4. The van der Waals surface area contributed by atoms with Crippen LogP contribution < -0.4 is 10.6 Å². The molecule has 0 radical (unpaired) electrons. The molecule has 1 aliphatic carbocycles. The molecule has 2 aromatic rings. The number of fused-ring (bicyclic) bond motifs is 1. The van der Waals surface area contributed by atoms with Crippen molar-refractivity contribution in [2.24, 2.45) is 23.7 Å². The average molecular weight is 608 g/mol. The number of rotatable bonds is 8. The maximum atomic E-state index is 14.4. The van der Waals surface area contributed by atoms with Crippen LogP contribution in [-0.4, -0.2) is 52.5 Å². The van der Waals surface area contributed by atoms with E-state index in [0.717, 1.165) is 31.2 Å². The number of amides is 3. The molecule has 2 saturated heterocycles. The number of hydrogen-bond donors (Lipinski definition) is 2. The fourth-order valence-electron chi connectivity index (χ4n) is 7.69. The molecule has 3 heterocycles. The highest BCUT2D eigenvalue weighted by molar-refractivity contribution is 6.31. The first kappa shape index (κ1) is 29.8. The van der Waals surface area contributed by atoms with Crippen LogP contribution in [0.15, 0.2) is 60.7 Å². The summed E-state index contributed by atoms with van der Waals surface area (Å²) in [4.78, 5) is 44.1. The molecule has 1 saturated carbocycles. The second-order valence-corrected chi connectivity index (χ2v) is 13.2. The van der Waals surface area contributed by atoms with E-state index in [1.54, 1.807) is 11.0 Å². The third-order valence-electron chi connectivity index (χ3n) is 10.3. The molecule has 228 valence electrons. The van der Waals surface area contributed by atoms with E-state index in [2.05, 4.69) is 36.6 Å². The van der Waals surface area contributed by atoms with Crippen molar-refractivity contribution >= 4 is 35.0 Å². The Balaban J connectivity index is 1.30. The Kier molecular flexibility index (Phi) is 8.11. The van der Waals surface area contributed by atoms with Gasteiger partial charge in [-0.05, 0) is 61.8 Å². The molecule has 3 aliphatic heterocycles. The van der Waals surface area contributed by atoms with E-state index in [1.165, 1.54) is 18.2 Å². The minimum Gasteiger partial charge on any atom is -0.359 e. The highest BCUT2D eigenvalue weighted by Gasteiger charge is 2.73. The number of carbonyl (C=O) groups excluding carboxylic acids is 3. The SMILES string of the molecule is CC1CCCC(NC(=O)C2N(C(C)CCc3ccccc3)C(=O)C3C(C(=O)Nc4ccc(F)c(Cl)c4)C4C=CC32O4)C1C. The Labute approximate surface area is 257 Å². The molecule has 2 bridgehead atoms. The number of nitrogens with zero attached hydrogens (tertiary/aromatic N) is 1. The highest BCUT2D eigenvalue weighted by atomic mass is 35.5. The van der Waals surface area contributed by atoms with Gasteiger partial charge < -0.3 is 20.3 Å². The summed E-state index contributed by atoms with van der Waals surface area (Å²) in [5.41, 5.74) is 0.224. The normalized spacial score (nSPS) is 33.4. The molecule has 9 unspecified atom stereocenters. The number of ether oxygens (including phenoxy) is 1. The van der Waals surface area contributed by atoms with E-state index in [1.807, 2.05) is 31.2 Å². The van der Waals surface area contributed by atoms with Crippen LogP contribution in [0.4, 0.5) is 10.1 Å². The van der Waals surface area contributed by atoms with Crippen molar-refractivity contribution in [3.8, 4) is 0 Å². The van der Waals surface area contributed by atoms with Gasteiger partial charge in [0.2, 0.25) is 17.7 Å². The van der Waals surface area contributed by atoms with Gasteiger partial charge in [0.15, 0.2) is 0 Å². The molecule has 9 heteroatoms. The van der Waals surface area contributed by atoms with Crippen molar-refractivity contribution in [1.82, 2.24) is 10.2 Å². The quantitative estimate of drug-likeness (QED) is 0.386. The van der Waals surface area contributed by atoms with Crippen molar-refractivity contribution in [2.45, 2.75) is 82.7 Å². The Morgan fingerprint density at radius 3 is 2.65 bits per heavy atom. The summed E-state index contributed by atoms with van der Waals surface area (Å²) < 4.78 is 20.2. The number of aryl methyl sites for hydroxylation is 1. The summed E-state index contributed by atoms with van der Waals surface area (Å²) in [6.45, 7) is 6.36. The Hall–Kier alpha value is -3.23. The van der Waals surface area contributed by atoms with Crippen LogP contribution in [0.3, 0.4) is 0 Å². The van der Waals surface area contributed by atoms with Gasteiger partial charge in [-0.1, -0.05) is 80.8 Å². The summed E-state index contributed by atoms with van der Waals surface area (Å²) in [6.07, 6.45) is 7.43. The van der Waals surface area contributed by atoms with Crippen molar-refractivity contribution < 1.29 is 23.5 Å². The number of benzene rings is 2. The van der Waals surface area contributed by atoms with Crippen molar-refractivity contribution in [2.75, 3.05) is 5.32 Å². The Morgan fingerprint density at radius 1 is 1.14 bits per heavy atom. The molecule has 9 atom stereocenters. The van der Waals surface area contributed by atoms with Crippen LogP contribution >= 0.6 is 11.6 Å². The summed E-state index contributed by atoms with van der Waals surface area (Å²) in [7, 11) is 0. The van der Waals surface area contributed by atoms with Gasteiger partial charge in [0, 0.05) is 17.8 Å². The Morgan fingerprint density at radius 2 is 1.91 bits per heavy atom. The monoisotopic (exact) mass is 607 g/mol. The number of halogens is 2. The maximum Gasteiger partial charge on any atom is 0.246 e. The predicted molar refractivity (Wildman–Crippen MR) is 163 cm³/mol. The number of carbonyl (C=O) groups is 3. The highest BCUT2D eigenvalue weighted by Crippen LogP contribution is 2.56. The fraction of sp³-hybridized carbons (Fsp3) is 0.500. The van der Waals surface area contributed by atoms with E-state index < -0.39 is 41.3 Å². The molecule has 43 heavy (non-hydrogen) atoms. The van der Waals surface area contributed by atoms with Gasteiger partial charge in [0.25, 0.3) is 0 Å². The zero-order chi connectivity index (χ0) is 30.5. The summed E-state index contributed by atoms with van der Waals surface area (Å²) in [5.74, 6) is -2.42. The number of anilines is 1. The van der Waals surface area contributed by atoms with E-state index in [0.29, 0.717) is 23.9 Å². The molecular formula is C34H39ClFN3O4. The molecule has 3 amide bonds. The van der Waals surface area contributed by atoms with Crippen LogP contribution in [0.5, 0.6) is 0 Å². The molecular weight excluding hydrogens is 569 g/mol. The van der Waals surface area contributed by atoms with Gasteiger partial charge >= 0.3 is 0 Å². The van der Waals surface area contributed by atoms with Gasteiger partial charge in [0.1, 0.15) is 17.5 Å². The first-order chi connectivity index (χ1) is 20.6. The second-order valence-electron chi connectivity index (χ2n) is 12.8. The molecule has 0 aromatic heterocycles. The lowest BCUT2D eigenvalue weighted by molar-refractivity contribution is -0.144. The molecule has 6 rings (SSSR count). The number of nitrogens with one attached hydrogen (secondary N) is 2. The molecule has 1 spiro atoms. The molecule has 7 nitrogen and oxygen atoms in total. The minimum absolute atomic E-state index is 0.00757. The van der Waals surface area contributed by atoms with Crippen molar-refractivity contribution in [1.29, 1.82) is 0 Å². The molecule has 2 aromatic carbocycles. The summed E-state index contributed by atoms with van der Waals surface area (Å²) in [6, 6.07) is 12.8.